The number of ether oxygens (including phenoxy) is 6. The van der Waals surface area contributed by atoms with Gasteiger partial charge in [-0.05, 0) is 101 Å². The molecule has 4 aliphatic heterocycles. The normalized spacial score (nSPS) is 17.7. The van der Waals surface area contributed by atoms with E-state index in [1.165, 1.54) is 39.2 Å². The SMILES string of the molecule is COc1cc2c(cc1OCCCOc1cc3c(cc1C)C(=O)N1C=C(c4ccc(NC(=O)[C@H](C)CC(=O)[C@@H](NCOCC5c6ccccc6-c6ccccc65)C(C)C)cc4)C[C@H]1C(=O)N3COCC[Si](C)(C)C)N(COCC[Si](C)(C)C)C(=O)[C@@H]1CC(C)=CN1C2=O. The molecule has 0 saturated carbocycles. The molecular formula is C72H90N6O12Si2. The van der Waals surface area contributed by atoms with Gasteiger partial charge in [0.15, 0.2) is 17.3 Å². The van der Waals surface area contributed by atoms with Gasteiger partial charge < -0.3 is 43.5 Å². The van der Waals surface area contributed by atoms with Crippen LogP contribution in [0.4, 0.5) is 17.1 Å². The Balaban J connectivity index is 0.769. The molecule has 0 bridgehead atoms. The molecule has 5 amide bonds. The Morgan fingerprint density at radius 3 is 1.74 bits per heavy atom. The number of nitrogens with zero attached hydrogens (tertiary/aromatic N) is 4. The number of carbonyl (C=O) groups excluding carboxylic acids is 6. The van der Waals surface area contributed by atoms with Crippen LogP contribution in [0, 0.1) is 18.8 Å². The number of benzene rings is 5. The Morgan fingerprint density at radius 1 is 0.620 bits per heavy atom. The van der Waals surface area contributed by atoms with Crippen LogP contribution in [-0.4, -0.2) is 140 Å². The van der Waals surface area contributed by atoms with Crippen molar-refractivity contribution >= 4 is 74.1 Å². The minimum absolute atomic E-state index is 0.0155. The summed E-state index contributed by atoms with van der Waals surface area (Å²) in [6.45, 7) is 25.0. The highest BCUT2D eigenvalue weighted by Gasteiger charge is 2.45. The van der Waals surface area contributed by atoms with Gasteiger partial charge in [0.2, 0.25) is 5.91 Å². The number of hydrogen-bond acceptors (Lipinski definition) is 13. The van der Waals surface area contributed by atoms with Crippen molar-refractivity contribution in [1.82, 2.24) is 15.1 Å². The Morgan fingerprint density at radius 2 is 1.16 bits per heavy atom. The quantitative estimate of drug-likeness (QED) is 0.0261. The third-order valence-corrected chi connectivity index (χ3v) is 21.2. The average Bonchev–Trinajstić information content (AvgIpc) is 1.62. The first-order valence-corrected chi connectivity index (χ1v) is 39.7. The van der Waals surface area contributed by atoms with E-state index in [2.05, 4.69) is 98.4 Å². The van der Waals surface area contributed by atoms with Crippen molar-refractivity contribution in [2.24, 2.45) is 11.8 Å². The third-order valence-electron chi connectivity index (χ3n) is 17.8. The lowest BCUT2D eigenvalue weighted by atomic mass is 9.93. The Labute approximate surface area is 543 Å². The smallest absolute Gasteiger partial charge is 0.260 e. The number of rotatable bonds is 29. The number of ketones is 1. The minimum atomic E-state index is -1.50. The molecule has 5 aromatic carbocycles. The molecule has 20 heteroatoms. The molecule has 0 saturated heterocycles. The molecule has 0 aromatic heterocycles. The van der Waals surface area contributed by atoms with Gasteiger partial charge in [0, 0.05) is 90.7 Å². The highest BCUT2D eigenvalue weighted by Crippen LogP contribution is 2.46. The molecule has 0 radical (unpaired) electrons. The topological polar surface area (TPSA) is 195 Å². The maximum atomic E-state index is 14.9. The van der Waals surface area contributed by atoms with Gasteiger partial charge in [0.05, 0.1) is 62.2 Å². The molecule has 1 aliphatic carbocycles. The van der Waals surface area contributed by atoms with Gasteiger partial charge in [-0.25, -0.2) is 0 Å². The Hall–Kier alpha value is -7.73. The number of Topliss-reactive ketones (excluding diaryl/α,β-unsaturated/α-hetero) is 1. The number of anilines is 3. The number of nitrogens with one attached hydrogen (secondary N) is 2. The van der Waals surface area contributed by atoms with Gasteiger partial charge in [0.1, 0.15) is 31.3 Å². The Kier molecular flexibility index (Phi) is 20.9. The molecular weight excluding hydrogens is 1200 g/mol. The molecule has 18 nitrogen and oxygen atoms in total. The van der Waals surface area contributed by atoms with Gasteiger partial charge in [-0.1, -0.05) is 126 Å². The van der Waals surface area contributed by atoms with Crippen molar-refractivity contribution in [3.63, 3.8) is 0 Å². The van der Waals surface area contributed by atoms with Crippen LogP contribution in [-0.2, 0) is 33.4 Å². The molecule has 488 valence electrons. The summed E-state index contributed by atoms with van der Waals surface area (Å²) in [5.41, 5.74) is 10.1. The highest BCUT2D eigenvalue weighted by atomic mass is 28.3. The summed E-state index contributed by atoms with van der Waals surface area (Å²) in [6.07, 6.45) is 4.63. The number of carbonyl (C=O) groups is 6. The van der Waals surface area contributed by atoms with Crippen molar-refractivity contribution in [2.45, 2.75) is 136 Å². The number of methoxy groups -OCH3 is 1. The summed E-state index contributed by atoms with van der Waals surface area (Å²) in [4.78, 5) is 91.5. The van der Waals surface area contributed by atoms with E-state index < -0.39 is 40.2 Å². The van der Waals surface area contributed by atoms with Crippen LogP contribution in [0.1, 0.15) is 102 Å². The summed E-state index contributed by atoms with van der Waals surface area (Å²) in [6, 6.07) is 30.7. The van der Waals surface area contributed by atoms with Crippen LogP contribution < -0.4 is 34.6 Å². The molecule has 0 unspecified atom stereocenters. The number of amides is 5. The van der Waals surface area contributed by atoms with Crippen LogP contribution >= 0.6 is 0 Å². The second-order valence-electron chi connectivity index (χ2n) is 27.7. The molecule has 2 N–H and O–H groups in total. The molecule has 4 heterocycles. The predicted molar refractivity (Wildman–Crippen MR) is 364 cm³/mol. The van der Waals surface area contributed by atoms with E-state index in [0.717, 1.165) is 28.8 Å². The van der Waals surface area contributed by atoms with E-state index in [0.29, 0.717) is 83.7 Å². The van der Waals surface area contributed by atoms with Crippen LogP contribution in [0.15, 0.2) is 115 Å². The Bertz CT molecular complexity index is 3620. The summed E-state index contributed by atoms with van der Waals surface area (Å²) in [5.74, 6) is -0.881. The molecule has 4 atom stereocenters. The van der Waals surface area contributed by atoms with Crippen LogP contribution in [0.2, 0.25) is 51.4 Å². The third kappa shape index (κ3) is 15.2. The minimum Gasteiger partial charge on any atom is -0.493 e. The van der Waals surface area contributed by atoms with E-state index >= 15 is 0 Å². The van der Waals surface area contributed by atoms with Gasteiger partial charge in [-0.15, -0.1) is 0 Å². The van der Waals surface area contributed by atoms with Crippen LogP contribution in [0.25, 0.3) is 16.7 Å². The maximum Gasteiger partial charge on any atom is 0.260 e. The van der Waals surface area contributed by atoms with E-state index in [1.807, 2.05) is 39.8 Å². The fourth-order valence-electron chi connectivity index (χ4n) is 12.5. The molecule has 0 spiro atoms. The number of fused-ring (bicyclic) bond motifs is 7. The van der Waals surface area contributed by atoms with Crippen LogP contribution in [0.5, 0.6) is 17.2 Å². The molecule has 5 aromatic rings. The van der Waals surface area contributed by atoms with Crippen molar-refractivity contribution in [3.05, 3.63) is 148 Å². The standard InChI is InChI=1S/C72H90N6O12Si2/c1-45(2)67(73-42-88-41-58-54-20-15-13-18-52(54)53-19-14-16-21-55(53)58)63(79)34-48(5)68(80)74-51-24-22-49(23-25-51)50-35-62-72(84)77(43-86-28-30-91(7,8)9)59-37-64(47(4)33-56(59)69(81)76(62)40-50)89-26-17-27-90-66-38-60-57(36-65(66)85-6)70(82)75-39-46(3)32-61(75)71(83)78(60)44-87-29-31-92(10,11)12/h13-16,18-25,33,36-40,45,48,58,61-62,67,73H,17,26-32,34-35,41-44H2,1-12H3,(H,74,80)/t48-,61+,62+,67+/m1/s1. The summed E-state index contributed by atoms with van der Waals surface area (Å²) >= 11 is 0. The van der Waals surface area contributed by atoms with Gasteiger partial charge in [0.25, 0.3) is 23.6 Å². The largest absolute Gasteiger partial charge is 0.493 e. The zero-order valence-electron chi connectivity index (χ0n) is 55.4. The van der Waals surface area contributed by atoms with Crippen molar-refractivity contribution in [1.29, 1.82) is 0 Å². The van der Waals surface area contributed by atoms with E-state index in [4.69, 9.17) is 28.4 Å². The molecule has 0 fully saturated rings. The lowest BCUT2D eigenvalue weighted by Crippen LogP contribution is -2.45. The second kappa shape index (κ2) is 28.6. The van der Waals surface area contributed by atoms with Crippen molar-refractivity contribution in [3.8, 4) is 28.4 Å². The van der Waals surface area contributed by atoms with Gasteiger partial charge in [-0.2, -0.15) is 0 Å². The average molecular weight is 1290 g/mol. The van der Waals surface area contributed by atoms with Crippen molar-refractivity contribution in [2.75, 3.05) is 75.5 Å². The van der Waals surface area contributed by atoms with Crippen molar-refractivity contribution < 1.29 is 57.2 Å². The first-order valence-electron chi connectivity index (χ1n) is 32.3. The fraction of sp³-hybridized carbons (Fsp3) is 0.444. The second-order valence-corrected chi connectivity index (χ2v) is 39.0. The zero-order valence-corrected chi connectivity index (χ0v) is 57.4. The monoisotopic (exact) mass is 1290 g/mol. The van der Waals surface area contributed by atoms with Gasteiger partial charge in [-0.3, -0.25) is 43.9 Å². The van der Waals surface area contributed by atoms with E-state index in [-0.39, 0.29) is 93.4 Å². The molecule has 10 rings (SSSR count). The first-order chi connectivity index (χ1) is 43.9. The summed E-state index contributed by atoms with van der Waals surface area (Å²) in [7, 11) is -1.41. The zero-order chi connectivity index (χ0) is 65.8. The lowest BCUT2D eigenvalue weighted by molar-refractivity contribution is -0.128. The first kappa shape index (κ1) is 67.2. The number of hydrogen-bond donors (Lipinski definition) is 2. The lowest BCUT2D eigenvalue weighted by Gasteiger charge is -2.27. The van der Waals surface area contributed by atoms with Gasteiger partial charge >= 0.3 is 0 Å². The fourth-order valence-corrected chi connectivity index (χ4v) is 14.0. The number of aryl methyl sites for hydroxylation is 1. The van der Waals surface area contributed by atoms with Crippen LogP contribution in [0.3, 0.4) is 0 Å². The maximum absolute atomic E-state index is 14.9. The summed E-state index contributed by atoms with van der Waals surface area (Å²) < 4.78 is 37.1. The van der Waals surface area contributed by atoms with E-state index in [9.17, 15) is 28.8 Å². The summed E-state index contributed by atoms with van der Waals surface area (Å²) in [5, 5.41) is 6.31. The molecule has 5 aliphatic rings. The molecule has 92 heavy (non-hydrogen) atoms. The highest BCUT2D eigenvalue weighted by molar-refractivity contribution is 6.76. The van der Waals surface area contributed by atoms with E-state index in [1.54, 1.807) is 65.5 Å². The predicted octanol–water partition coefficient (Wildman–Crippen LogP) is 12.5.